The summed E-state index contributed by atoms with van der Waals surface area (Å²) in [7, 11) is 0. The molecule has 92 valence electrons. The van der Waals surface area contributed by atoms with Gasteiger partial charge in [-0.05, 0) is 32.1 Å². The van der Waals surface area contributed by atoms with Crippen molar-refractivity contribution in [3.8, 4) is 0 Å². The molecule has 1 aliphatic carbocycles. The molecule has 0 aromatic heterocycles. The van der Waals surface area contributed by atoms with Gasteiger partial charge in [-0.25, -0.2) is 0 Å². The van der Waals surface area contributed by atoms with Gasteiger partial charge in [0.05, 0.1) is 5.92 Å². The van der Waals surface area contributed by atoms with Crippen LogP contribution in [0.25, 0.3) is 0 Å². The van der Waals surface area contributed by atoms with Gasteiger partial charge in [-0.15, -0.1) is 0 Å². The van der Waals surface area contributed by atoms with Gasteiger partial charge in [0, 0.05) is 18.0 Å². The van der Waals surface area contributed by atoms with Crippen molar-refractivity contribution in [2.24, 2.45) is 11.8 Å². The Morgan fingerprint density at radius 3 is 2.47 bits per heavy atom. The lowest BCUT2D eigenvalue weighted by Gasteiger charge is -2.26. The van der Waals surface area contributed by atoms with Gasteiger partial charge >= 0.3 is 5.97 Å². The minimum Gasteiger partial charge on any atom is -0.481 e. The Labute approximate surface area is 100 Å². The molecule has 0 spiro atoms. The lowest BCUT2D eigenvalue weighted by molar-refractivity contribution is -0.143. The van der Waals surface area contributed by atoms with E-state index in [0.717, 1.165) is 25.7 Å². The maximum atomic E-state index is 12.4. The predicted molar refractivity (Wildman–Crippen MR) is 61.3 cm³/mol. The second-order valence-electron chi connectivity index (χ2n) is 5.36. The summed E-state index contributed by atoms with van der Waals surface area (Å²) in [6.07, 6.45) is 8.27. The van der Waals surface area contributed by atoms with Crippen LogP contribution in [0.5, 0.6) is 0 Å². The smallest absolute Gasteiger partial charge is 0.308 e. The Hall–Kier alpha value is -1.32. The topological polar surface area (TPSA) is 57.6 Å². The molecule has 2 heterocycles. The standard InChI is InChI=1S/C13H17NO3/c15-12(8-3-1-2-4-8)14-9-5-6-11(14)10(7-9)13(16)17/h1-2,8-11H,3-7H2,(H,16,17). The third-order valence-electron chi connectivity index (χ3n) is 4.47. The molecule has 2 saturated heterocycles. The van der Waals surface area contributed by atoms with Crippen molar-refractivity contribution in [1.82, 2.24) is 4.90 Å². The minimum atomic E-state index is -0.737. The van der Waals surface area contributed by atoms with Gasteiger partial charge in [0.1, 0.15) is 0 Å². The van der Waals surface area contributed by atoms with Gasteiger partial charge < -0.3 is 10.0 Å². The van der Waals surface area contributed by atoms with Crippen LogP contribution in [0.3, 0.4) is 0 Å². The molecular formula is C13H17NO3. The number of aliphatic carboxylic acids is 1. The highest BCUT2D eigenvalue weighted by molar-refractivity contribution is 5.83. The molecule has 1 N–H and O–H groups in total. The average Bonchev–Trinajstić information content (AvgIpc) is 3.03. The Bertz CT molecular complexity index is 382. The molecule has 2 aliphatic heterocycles. The van der Waals surface area contributed by atoms with Crippen LogP contribution in [0.15, 0.2) is 12.2 Å². The minimum absolute atomic E-state index is 0.0365. The fourth-order valence-electron chi connectivity index (χ4n) is 3.63. The third-order valence-corrected chi connectivity index (χ3v) is 4.47. The summed E-state index contributed by atoms with van der Waals surface area (Å²) in [5.41, 5.74) is 0. The number of rotatable bonds is 2. The third kappa shape index (κ3) is 1.58. The molecule has 0 aromatic carbocycles. The molecule has 1 amide bonds. The average molecular weight is 235 g/mol. The number of allylic oxidation sites excluding steroid dienone is 2. The maximum Gasteiger partial charge on any atom is 0.308 e. The Morgan fingerprint density at radius 1 is 1.18 bits per heavy atom. The number of hydrogen-bond donors (Lipinski definition) is 1. The summed E-state index contributed by atoms with van der Waals surface area (Å²) >= 11 is 0. The molecule has 0 aromatic rings. The van der Waals surface area contributed by atoms with E-state index < -0.39 is 5.97 Å². The monoisotopic (exact) mass is 235 g/mol. The van der Waals surface area contributed by atoms with Crippen LogP contribution in [0, 0.1) is 11.8 Å². The Balaban J connectivity index is 1.76. The number of carboxylic acids is 1. The van der Waals surface area contributed by atoms with Crippen LogP contribution in [-0.4, -0.2) is 34.0 Å². The van der Waals surface area contributed by atoms with Crippen LogP contribution < -0.4 is 0 Å². The zero-order valence-corrected chi connectivity index (χ0v) is 9.71. The number of carbonyl (C=O) groups is 2. The summed E-state index contributed by atoms with van der Waals surface area (Å²) in [6, 6.07) is 0.153. The van der Waals surface area contributed by atoms with Crippen molar-refractivity contribution < 1.29 is 14.7 Å². The first-order valence-electron chi connectivity index (χ1n) is 6.38. The molecule has 0 saturated carbocycles. The second-order valence-corrected chi connectivity index (χ2v) is 5.36. The molecule has 2 fully saturated rings. The summed E-state index contributed by atoms with van der Waals surface area (Å²) in [5, 5.41) is 9.15. The number of carboxylic acid groups (broad SMARTS) is 1. The molecule has 17 heavy (non-hydrogen) atoms. The van der Waals surface area contributed by atoms with Gasteiger partial charge in [-0.3, -0.25) is 9.59 Å². The summed E-state index contributed by atoms with van der Waals surface area (Å²) in [6.45, 7) is 0. The number of amides is 1. The number of nitrogens with zero attached hydrogens (tertiary/aromatic N) is 1. The quantitative estimate of drug-likeness (QED) is 0.736. The molecule has 3 atom stereocenters. The SMILES string of the molecule is O=C(O)C1CC2CCC1N2C(=O)C1CC=CC1. The zero-order valence-electron chi connectivity index (χ0n) is 9.71. The molecular weight excluding hydrogens is 218 g/mol. The van der Waals surface area contributed by atoms with Gasteiger partial charge in [-0.1, -0.05) is 12.2 Å². The second kappa shape index (κ2) is 3.86. The van der Waals surface area contributed by atoms with Gasteiger partial charge in [0.2, 0.25) is 5.91 Å². The maximum absolute atomic E-state index is 12.4. The predicted octanol–water partition coefficient (Wildman–Crippen LogP) is 1.42. The van der Waals surface area contributed by atoms with Gasteiger partial charge in [-0.2, -0.15) is 0 Å². The highest BCUT2D eigenvalue weighted by atomic mass is 16.4. The van der Waals surface area contributed by atoms with E-state index in [9.17, 15) is 9.59 Å². The van der Waals surface area contributed by atoms with E-state index >= 15 is 0 Å². The summed E-state index contributed by atoms with van der Waals surface area (Å²) in [4.78, 5) is 25.4. The fraction of sp³-hybridized carbons (Fsp3) is 0.692. The highest BCUT2D eigenvalue weighted by Crippen LogP contribution is 2.43. The van der Waals surface area contributed by atoms with Crippen LogP contribution in [0.4, 0.5) is 0 Å². The van der Waals surface area contributed by atoms with Crippen LogP contribution in [-0.2, 0) is 9.59 Å². The molecule has 2 bridgehead atoms. The van der Waals surface area contributed by atoms with Gasteiger partial charge in [0.15, 0.2) is 0 Å². The Kier molecular flexibility index (Phi) is 2.45. The van der Waals surface area contributed by atoms with E-state index in [-0.39, 0.29) is 29.8 Å². The summed E-state index contributed by atoms with van der Waals surface area (Å²) in [5.74, 6) is -0.802. The largest absolute Gasteiger partial charge is 0.481 e. The summed E-state index contributed by atoms with van der Waals surface area (Å²) < 4.78 is 0. The van der Waals surface area contributed by atoms with E-state index in [1.54, 1.807) is 0 Å². The lowest BCUT2D eigenvalue weighted by atomic mass is 9.89. The number of fused-ring (bicyclic) bond motifs is 2. The first kappa shape index (κ1) is 10.8. The molecule has 3 aliphatic rings. The first-order chi connectivity index (χ1) is 8.18. The first-order valence-corrected chi connectivity index (χ1v) is 6.38. The van der Waals surface area contributed by atoms with E-state index in [0.29, 0.717) is 6.42 Å². The normalized spacial score (nSPS) is 35.8. The van der Waals surface area contributed by atoms with Crippen molar-refractivity contribution in [2.75, 3.05) is 0 Å². The van der Waals surface area contributed by atoms with Crippen molar-refractivity contribution in [3.63, 3.8) is 0 Å². The van der Waals surface area contributed by atoms with Crippen molar-refractivity contribution in [1.29, 1.82) is 0 Å². The van der Waals surface area contributed by atoms with Crippen molar-refractivity contribution >= 4 is 11.9 Å². The molecule has 4 nitrogen and oxygen atoms in total. The zero-order chi connectivity index (χ0) is 12.0. The van der Waals surface area contributed by atoms with Crippen molar-refractivity contribution in [3.05, 3.63) is 12.2 Å². The van der Waals surface area contributed by atoms with Crippen LogP contribution in [0.2, 0.25) is 0 Å². The highest BCUT2D eigenvalue weighted by Gasteiger charge is 2.52. The lowest BCUT2D eigenvalue weighted by Crippen LogP contribution is -2.40. The molecule has 3 unspecified atom stereocenters. The van der Waals surface area contributed by atoms with E-state index in [2.05, 4.69) is 12.2 Å². The van der Waals surface area contributed by atoms with Crippen LogP contribution >= 0.6 is 0 Å². The molecule has 4 heteroatoms. The number of hydrogen-bond acceptors (Lipinski definition) is 2. The number of carbonyl (C=O) groups excluding carboxylic acids is 1. The van der Waals surface area contributed by atoms with Crippen LogP contribution in [0.1, 0.15) is 32.1 Å². The van der Waals surface area contributed by atoms with E-state index in [1.165, 1.54) is 0 Å². The van der Waals surface area contributed by atoms with Gasteiger partial charge in [0.25, 0.3) is 0 Å². The Morgan fingerprint density at radius 2 is 1.88 bits per heavy atom. The van der Waals surface area contributed by atoms with E-state index in [1.807, 2.05) is 4.90 Å². The van der Waals surface area contributed by atoms with Crippen molar-refractivity contribution in [2.45, 2.75) is 44.2 Å². The van der Waals surface area contributed by atoms with E-state index in [4.69, 9.17) is 5.11 Å². The molecule has 3 rings (SSSR count). The fourth-order valence-corrected chi connectivity index (χ4v) is 3.63. The molecule has 0 radical (unpaired) electrons.